The molecular formula is C18H16ClNO. The number of rotatable bonds is 3. The van der Waals surface area contributed by atoms with Gasteiger partial charge in [-0.2, -0.15) is 0 Å². The summed E-state index contributed by atoms with van der Waals surface area (Å²) in [6.45, 7) is 4.51. The predicted octanol–water partition coefficient (Wildman–Crippen LogP) is 5.08. The third-order valence-corrected chi connectivity index (χ3v) is 4.10. The molecule has 0 N–H and O–H groups in total. The lowest BCUT2D eigenvalue weighted by atomic mass is 10.1. The molecule has 1 aromatic heterocycles. The summed E-state index contributed by atoms with van der Waals surface area (Å²) in [6, 6.07) is 15.9. The van der Waals surface area contributed by atoms with Crippen molar-refractivity contribution in [3.8, 4) is 5.75 Å². The minimum absolute atomic E-state index is 0.547. The molecule has 1 heterocycles. The van der Waals surface area contributed by atoms with Crippen molar-refractivity contribution in [2.24, 2.45) is 0 Å². The molecule has 0 spiro atoms. The summed E-state index contributed by atoms with van der Waals surface area (Å²) >= 11 is 6.38. The molecule has 3 aromatic rings. The van der Waals surface area contributed by atoms with Gasteiger partial charge in [-0.1, -0.05) is 41.9 Å². The number of fused-ring (bicyclic) bond motifs is 1. The van der Waals surface area contributed by atoms with E-state index in [1.807, 2.05) is 62.4 Å². The van der Waals surface area contributed by atoms with E-state index in [-0.39, 0.29) is 0 Å². The van der Waals surface area contributed by atoms with Crippen LogP contribution in [0.5, 0.6) is 5.75 Å². The smallest absolute Gasteiger partial charge is 0.122 e. The number of benzene rings is 2. The highest BCUT2D eigenvalue weighted by Crippen LogP contribution is 2.30. The molecule has 0 aliphatic carbocycles. The van der Waals surface area contributed by atoms with Gasteiger partial charge in [0, 0.05) is 17.1 Å². The summed E-state index contributed by atoms with van der Waals surface area (Å²) < 4.78 is 5.83. The molecule has 0 amide bonds. The second kappa shape index (κ2) is 5.74. The van der Waals surface area contributed by atoms with Gasteiger partial charge in [0.1, 0.15) is 12.4 Å². The molecule has 2 aromatic carbocycles. The molecule has 21 heavy (non-hydrogen) atoms. The lowest BCUT2D eigenvalue weighted by Crippen LogP contribution is -1.96. The topological polar surface area (TPSA) is 22.1 Å². The molecule has 0 radical (unpaired) electrons. The van der Waals surface area contributed by atoms with Crippen LogP contribution in [0, 0.1) is 13.8 Å². The molecular weight excluding hydrogens is 282 g/mol. The van der Waals surface area contributed by atoms with Gasteiger partial charge in [0.15, 0.2) is 0 Å². The SMILES string of the molecule is Cc1nc2cc(OCc3ccccc3)ccc2c(Cl)c1C. The molecule has 0 aliphatic heterocycles. The van der Waals surface area contributed by atoms with Gasteiger partial charge in [0.05, 0.1) is 10.5 Å². The van der Waals surface area contributed by atoms with Gasteiger partial charge >= 0.3 is 0 Å². The maximum absolute atomic E-state index is 6.38. The van der Waals surface area contributed by atoms with Gasteiger partial charge in [0.25, 0.3) is 0 Å². The Balaban J connectivity index is 1.89. The summed E-state index contributed by atoms with van der Waals surface area (Å²) in [5, 5.41) is 1.74. The van der Waals surface area contributed by atoms with Gasteiger partial charge < -0.3 is 4.74 Å². The predicted molar refractivity (Wildman–Crippen MR) is 87.0 cm³/mol. The quantitative estimate of drug-likeness (QED) is 0.672. The number of hydrogen-bond donors (Lipinski definition) is 0. The molecule has 0 unspecified atom stereocenters. The number of ether oxygens (including phenoxy) is 1. The average molecular weight is 298 g/mol. The molecule has 0 saturated carbocycles. The van der Waals surface area contributed by atoms with Crippen molar-refractivity contribution in [3.63, 3.8) is 0 Å². The Morgan fingerprint density at radius 3 is 2.57 bits per heavy atom. The molecule has 106 valence electrons. The number of pyridine rings is 1. The Kier molecular flexibility index (Phi) is 3.80. The largest absolute Gasteiger partial charge is 0.489 e. The van der Waals surface area contributed by atoms with Crippen molar-refractivity contribution in [2.45, 2.75) is 20.5 Å². The molecule has 0 saturated heterocycles. The highest BCUT2D eigenvalue weighted by Gasteiger charge is 2.08. The maximum atomic E-state index is 6.38. The highest BCUT2D eigenvalue weighted by atomic mass is 35.5. The standard InChI is InChI=1S/C18H16ClNO/c1-12-13(2)20-17-10-15(8-9-16(17)18(12)19)21-11-14-6-4-3-5-7-14/h3-10H,11H2,1-2H3. The van der Waals surface area contributed by atoms with Crippen LogP contribution < -0.4 is 4.74 Å². The van der Waals surface area contributed by atoms with E-state index in [4.69, 9.17) is 16.3 Å². The molecule has 3 rings (SSSR count). The summed E-state index contributed by atoms with van der Waals surface area (Å²) in [5.41, 5.74) is 3.99. The first-order valence-electron chi connectivity index (χ1n) is 6.88. The first kappa shape index (κ1) is 13.9. The summed E-state index contributed by atoms with van der Waals surface area (Å²) in [5.74, 6) is 0.804. The lowest BCUT2D eigenvalue weighted by molar-refractivity contribution is 0.306. The Morgan fingerprint density at radius 1 is 1.05 bits per heavy atom. The van der Waals surface area contributed by atoms with Crippen molar-refractivity contribution in [3.05, 3.63) is 70.4 Å². The number of aryl methyl sites for hydroxylation is 1. The number of halogens is 1. The van der Waals surface area contributed by atoms with Crippen molar-refractivity contribution < 1.29 is 4.74 Å². The second-order valence-corrected chi connectivity index (χ2v) is 5.47. The maximum Gasteiger partial charge on any atom is 0.122 e. The molecule has 0 aliphatic rings. The zero-order chi connectivity index (χ0) is 14.8. The second-order valence-electron chi connectivity index (χ2n) is 5.09. The van der Waals surface area contributed by atoms with Crippen molar-refractivity contribution in [1.82, 2.24) is 4.98 Å². The fourth-order valence-electron chi connectivity index (χ4n) is 2.25. The summed E-state index contributed by atoms with van der Waals surface area (Å²) in [4.78, 5) is 4.59. The number of hydrogen-bond acceptors (Lipinski definition) is 2. The molecule has 3 heteroatoms. The van der Waals surface area contributed by atoms with Crippen LogP contribution in [-0.4, -0.2) is 4.98 Å². The van der Waals surface area contributed by atoms with Gasteiger partial charge in [-0.3, -0.25) is 4.98 Å². The Hall–Kier alpha value is -2.06. The monoisotopic (exact) mass is 297 g/mol. The molecule has 0 fully saturated rings. The first-order chi connectivity index (χ1) is 10.1. The van der Waals surface area contributed by atoms with Crippen molar-refractivity contribution >= 4 is 22.5 Å². The van der Waals surface area contributed by atoms with Crippen LogP contribution in [0.4, 0.5) is 0 Å². The third-order valence-electron chi connectivity index (χ3n) is 3.61. The lowest BCUT2D eigenvalue weighted by Gasteiger charge is -2.10. The summed E-state index contributed by atoms with van der Waals surface area (Å²) in [7, 11) is 0. The Morgan fingerprint density at radius 2 is 1.81 bits per heavy atom. The number of nitrogens with zero attached hydrogens (tertiary/aromatic N) is 1. The molecule has 2 nitrogen and oxygen atoms in total. The van der Waals surface area contributed by atoms with E-state index >= 15 is 0 Å². The van der Waals surface area contributed by atoms with Crippen molar-refractivity contribution in [2.75, 3.05) is 0 Å². The molecule has 0 bridgehead atoms. The van der Waals surface area contributed by atoms with E-state index in [9.17, 15) is 0 Å². The Bertz CT molecular complexity index is 784. The fraction of sp³-hybridized carbons (Fsp3) is 0.167. The van der Waals surface area contributed by atoms with E-state index in [1.54, 1.807) is 0 Å². The van der Waals surface area contributed by atoms with Crippen LogP contribution in [0.2, 0.25) is 5.02 Å². The summed E-state index contributed by atoms with van der Waals surface area (Å²) in [6.07, 6.45) is 0. The minimum atomic E-state index is 0.547. The molecule has 0 atom stereocenters. The van der Waals surface area contributed by atoms with Crippen LogP contribution >= 0.6 is 11.6 Å². The van der Waals surface area contributed by atoms with Crippen LogP contribution in [0.1, 0.15) is 16.8 Å². The van der Waals surface area contributed by atoms with E-state index in [0.29, 0.717) is 6.61 Å². The van der Waals surface area contributed by atoms with Crippen molar-refractivity contribution in [1.29, 1.82) is 0 Å². The van der Waals surface area contributed by atoms with Gasteiger partial charge in [-0.25, -0.2) is 0 Å². The Labute approximate surface area is 129 Å². The van der Waals surface area contributed by atoms with Crippen LogP contribution in [0.3, 0.4) is 0 Å². The average Bonchev–Trinajstić information content (AvgIpc) is 2.51. The van der Waals surface area contributed by atoms with E-state index < -0.39 is 0 Å². The first-order valence-corrected chi connectivity index (χ1v) is 7.26. The van der Waals surface area contributed by atoms with Crippen LogP contribution in [0.25, 0.3) is 10.9 Å². The van der Waals surface area contributed by atoms with Crippen LogP contribution in [0.15, 0.2) is 48.5 Å². The van der Waals surface area contributed by atoms with Gasteiger partial charge in [0.2, 0.25) is 0 Å². The third kappa shape index (κ3) is 2.86. The van der Waals surface area contributed by atoms with Gasteiger partial charge in [-0.05, 0) is 37.1 Å². The minimum Gasteiger partial charge on any atom is -0.489 e. The zero-order valence-electron chi connectivity index (χ0n) is 12.1. The van der Waals surface area contributed by atoms with E-state index in [0.717, 1.165) is 38.5 Å². The zero-order valence-corrected chi connectivity index (χ0v) is 12.8. The fourth-order valence-corrected chi connectivity index (χ4v) is 2.54. The number of aromatic nitrogens is 1. The normalized spacial score (nSPS) is 10.8. The highest BCUT2D eigenvalue weighted by molar-refractivity contribution is 6.36. The van der Waals surface area contributed by atoms with Crippen LogP contribution in [-0.2, 0) is 6.61 Å². The van der Waals surface area contributed by atoms with Gasteiger partial charge in [-0.15, -0.1) is 0 Å². The van der Waals surface area contributed by atoms with E-state index in [1.165, 1.54) is 0 Å². The van der Waals surface area contributed by atoms with E-state index in [2.05, 4.69) is 4.98 Å².